The van der Waals surface area contributed by atoms with Gasteiger partial charge in [0.1, 0.15) is 8.07 Å². The topological polar surface area (TPSA) is 3.24 Å². The highest BCUT2D eigenvalue weighted by molar-refractivity contribution is 7.02. The second-order valence-corrected chi connectivity index (χ2v) is 27.0. The van der Waals surface area contributed by atoms with Crippen molar-refractivity contribution >= 4 is 35.5 Å². The summed E-state index contributed by atoms with van der Waals surface area (Å²) in [4.78, 5) is 2.41. The van der Waals surface area contributed by atoms with Crippen molar-refractivity contribution in [1.82, 2.24) is 0 Å². The Kier molecular flexibility index (Phi) is 14.9. The van der Waals surface area contributed by atoms with E-state index in [0.29, 0.717) is 0 Å². The van der Waals surface area contributed by atoms with Crippen molar-refractivity contribution in [3.8, 4) is 100 Å². The lowest BCUT2D eigenvalue weighted by molar-refractivity contribution is 0.720. The summed E-state index contributed by atoms with van der Waals surface area (Å²) in [5.41, 5.74) is 24.8. The number of hydrogen-bond donors (Lipinski definition) is 0. The minimum atomic E-state index is -1.84. The first-order valence-corrected chi connectivity index (χ1v) is 32.5. The molecule has 1 aliphatic heterocycles. The fraction of sp³-hybridized carbons (Fsp3) is 0.0602. The van der Waals surface area contributed by atoms with Crippen LogP contribution in [0.3, 0.4) is 0 Å². The summed E-state index contributed by atoms with van der Waals surface area (Å²) in [5, 5.41) is 3.15. The van der Waals surface area contributed by atoms with Gasteiger partial charge < -0.3 is 4.90 Å². The van der Waals surface area contributed by atoms with Crippen LogP contribution in [0.5, 0.6) is 0 Å². The van der Waals surface area contributed by atoms with Gasteiger partial charge in [0.2, 0.25) is 0 Å². The number of hydrogen-bond acceptors (Lipinski definition) is 1. The van der Waals surface area contributed by atoms with Crippen molar-refractivity contribution in [3.05, 3.63) is 334 Å². The molecule has 1 fully saturated rings. The molecule has 1 heterocycles. The molecule has 0 spiro atoms. The third-order valence-electron chi connectivity index (χ3n) is 17.6. The minimum absolute atomic E-state index is 1.07. The van der Waals surface area contributed by atoms with Gasteiger partial charge in [-0.3, -0.25) is 0 Å². The van der Waals surface area contributed by atoms with Crippen LogP contribution in [0.15, 0.2) is 334 Å². The molecule has 0 saturated carbocycles. The average molecular weight is 1100 g/mol. The monoisotopic (exact) mass is 1100 g/mol. The van der Waals surface area contributed by atoms with E-state index in [-0.39, 0.29) is 0 Å². The molecule has 1 nitrogen and oxygen atoms in total. The van der Waals surface area contributed by atoms with Gasteiger partial charge in [0, 0.05) is 17.1 Å². The van der Waals surface area contributed by atoms with Gasteiger partial charge in [0.15, 0.2) is 0 Å². The zero-order valence-electron chi connectivity index (χ0n) is 47.7. The van der Waals surface area contributed by atoms with E-state index in [1.807, 2.05) is 0 Å². The molecule has 1 saturated heterocycles. The predicted molar refractivity (Wildman–Crippen MR) is 365 cm³/mol. The summed E-state index contributed by atoms with van der Waals surface area (Å²) < 4.78 is 0. The molecule has 13 aromatic carbocycles. The molecule has 85 heavy (non-hydrogen) atoms. The molecular weight excluding hydrogens is 1040 g/mol. The Balaban J connectivity index is 0.864. The summed E-state index contributed by atoms with van der Waals surface area (Å²) in [6, 6.07) is 126. The number of rotatable bonds is 14. The lowest BCUT2D eigenvalue weighted by Crippen LogP contribution is -2.58. The van der Waals surface area contributed by atoms with Crippen molar-refractivity contribution in [1.29, 1.82) is 0 Å². The maximum Gasteiger partial charge on any atom is 0.118 e. The smallest absolute Gasteiger partial charge is 0.118 e. The molecule has 0 aromatic heterocycles. The maximum absolute atomic E-state index is 2.47. The van der Waals surface area contributed by atoms with E-state index in [1.165, 1.54) is 120 Å². The lowest BCUT2D eigenvalue weighted by Gasteiger charge is -2.36. The Morgan fingerprint density at radius 1 is 0.188 bits per heavy atom. The normalized spacial score (nSPS) is 12.8. The van der Waals surface area contributed by atoms with Gasteiger partial charge in [-0.05, 0) is 167 Å². The van der Waals surface area contributed by atoms with Crippen LogP contribution in [0.2, 0.25) is 12.1 Å². The molecule has 0 amide bonds. The van der Waals surface area contributed by atoms with Crippen LogP contribution < -0.4 is 15.3 Å². The SMILES string of the molecule is c1ccc(-c2ccc(-c3ccccc3)c(-c3ccc(N(c4ccc(-c5cc(-c6ccccc6)ccc5-c5ccccc5)cc4)c4ccc(-c5cc(-c6ccc([Si]7(c8ccccc8)CCCCC7)cc6)ccc5-c5ccccc5)cc4)cc3)c2)cc1. The van der Waals surface area contributed by atoms with Crippen molar-refractivity contribution in [2.24, 2.45) is 0 Å². The van der Waals surface area contributed by atoms with Crippen LogP contribution in [0.1, 0.15) is 19.3 Å². The molecule has 406 valence electrons. The average Bonchev–Trinajstić information content (AvgIpc) is 3.49. The number of anilines is 3. The largest absolute Gasteiger partial charge is 0.311 e. The molecule has 0 unspecified atom stereocenters. The van der Waals surface area contributed by atoms with E-state index in [9.17, 15) is 0 Å². The third kappa shape index (κ3) is 10.9. The van der Waals surface area contributed by atoms with Crippen molar-refractivity contribution < 1.29 is 0 Å². The highest BCUT2D eigenvalue weighted by atomic mass is 28.3. The second-order valence-electron chi connectivity index (χ2n) is 22.7. The van der Waals surface area contributed by atoms with E-state index in [4.69, 9.17) is 0 Å². The standard InChI is InChI=1S/C83H65NSi/c1-8-22-61(23-9-1)70-42-53-78(64-26-12-3-13-27-64)81(58-70)67-34-45-73(46-35-67)84(74-47-36-68(37-48-74)82-59-71(62-24-10-2-11-25-62)43-54-79(82)65-28-14-4-15-29-65)75-49-38-69(39-50-75)83-60-72(44-55-80(83)66-30-16-5-17-31-66)63-40-51-77(52-41-63)85(56-20-7-21-57-85)76-32-18-6-19-33-76/h1-6,8-19,22-55,58-60H,7,20-21,56-57H2. The van der Waals surface area contributed by atoms with E-state index >= 15 is 0 Å². The van der Waals surface area contributed by atoms with Crippen molar-refractivity contribution in [3.63, 3.8) is 0 Å². The highest BCUT2D eigenvalue weighted by Gasteiger charge is 2.38. The summed E-state index contributed by atoms with van der Waals surface area (Å²) in [6.45, 7) is 0. The van der Waals surface area contributed by atoms with Crippen LogP contribution in [-0.2, 0) is 0 Å². The van der Waals surface area contributed by atoms with Gasteiger partial charge in [-0.1, -0.05) is 309 Å². The van der Waals surface area contributed by atoms with Gasteiger partial charge in [0.25, 0.3) is 0 Å². The second kappa shape index (κ2) is 24.0. The summed E-state index contributed by atoms with van der Waals surface area (Å²) in [6.07, 6.45) is 3.99. The molecule has 2 heteroatoms. The minimum Gasteiger partial charge on any atom is -0.311 e. The Labute approximate surface area is 502 Å². The van der Waals surface area contributed by atoms with Gasteiger partial charge in [-0.2, -0.15) is 0 Å². The quantitative estimate of drug-likeness (QED) is 0.0981. The van der Waals surface area contributed by atoms with Crippen molar-refractivity contribution in [2.45, 2.75) is 31.4 Å². The van der Waals surface area contributed by atoms with Crippen LogP contribution in [0.25, 0.3) is 100 Å². The molecular formula is C83H65NSi. The van der Waals surface area contributed by atoms with Gasteiger partial charge in [0.05, 0.1) is 0 Å². The molecule has 0 aliphatic carbocycles. The van der Waals surface area contributed by atoms with Crippen LogP contribution in [0.4, 0.5) is 17.1 Å². The Bertz CT molecular complexity index is 4180. The van der Waals surface area contributed by atoms with Gasteiger partial charge in [-0.15, -0.1) is 0 Å². The summed E-state index contributed by atoms with van der Waals surface area (Å²) in [5.74, 6) is 0. The molecule has 14 rings (SSSR count). The zero-order valence-corrected chi connectivity index (χ0v) is 48.7. The van der Waals surface area contributed by atoms with E-state index in [1.54, 1.807) is 10.4 Å². The van der Waals surface area contributed by atoms with Gasteiger partial charge in [-0.25, -0.2) is 0 Å². The summed E-state index contributed by atoms with van der Waals surface area (Å²) in [7, 11) is -1.84. The van der Waals surface area contributed by atoms with E-state index < -0.39 is 8.07 Å². The fourth-order valence-corrected chi connectivity index (χ4v) is 18.3. The number of benzene rings is 13. The van der Waals surface area contributed by atoms with Crippen molar-refractivity contribution in [2.75, 3.05) is 4.90 Å². The Morgan fingerprint density at radius 3 is 0.765 bits per heavy atom. The first-order chi connectivity index (χ1) is 42.1. The first kappa shape index (κ1) is 52.9. The fourth-order valence-electron chi connectivity index (χ4n) is 13.2. The van der Waals surface area contributed by atoms with Crippen LogP contribution in [-0.4, -0.2) is 8.07 Å². The Hall–Kier alpha value is -10.1. The molecule has 0 N–H and O–H groups in total. The van der Waals surface area contributed by atoms with Crippen LogP contribution >= 0.6 is 0 Å². The molecule has 1 aliphatic rings. The third-order valence-corrected chi connectivity index (χ3v) is 22.9. The molecule has 13 aromatic rings. The molecule has 0 bridgehead atoms. The van der Waals surface area contributed by atoms with E-state index in [2.05, 4.69) is 339 Å². The number of nitrogens with zero attached hydrogens (tertiary/aromatic N) is 1. The lowest BCUT2D eigenvalue weighted by atomic mass is 9.90. The predicted octanol–water partition coefficient (Wildman–Crippen LogP) is 21.9. The first-order valence-electron chi connectivity index (χ1n) is 30.1. The molecule has 0 atom stereocenters. The maximum atomic E-state index is 2.47. The summed E-state index contributed by atoms with van der Waals surface area (Å²) >= 11 is 0. The Morgan fingerprint density at radius 2 is 0.435 bits per heavy atom. The highest BCUT2D eigenvalue weighted by Crippen LogP contribution is 2.44. The van der Waals surface area contributed by atoms with Gasteiger partial charge >= 0.3 is 0 Å². The van der Waals surface area contributed by atoms with Crippen LogP contribution in [0, 0.1) is 0 Å². The van der Waals surface area contributed by atoms with E-state index in [0.717, 1.165) is 28.2 Å². The zero-order chi connectivity index (χ0) is 56.8. The molecule has 0 radical (unpaired) electrons.